The van der Waals surface area contributed by atoms with Crippen LogP contribution in [-0.4, -0.2) is 34.2 Å². The molecule has 0 radical (unpaired) electrons. The van der Waals surface area contributed by atoms with Crippen LogP contribution in [0, 0.1) is 0 Å². The molecular weight excluding hydrogens is 270 g/mol. The van der Waals surface area contributed by atoms with E-state index in [0.717, 1.165) is 22.6 Å². The van der Waals surface area contributed by atoms with Gasteiger partial charge in [0.05, 0.1) is 26.1 Å². The van der Waals surface area contributed by atoms with Gasteiger partial charge in [0.25, 0.3) is 0 Å². The lowest BCUT2D eigenvalue weighted by Gasteiger charge is -2.14. The number of aromatic nitrogens is 4. The predicted octanol–water partition coefficient (Wildman–Crippen LogP) is 1.98. The van der Waals surface area contributed by atoms with E-state index in [0.29, 0.717) is 18.0 Å². The third-order valence-electron chi connectivity index (χ3n) is 3.19. The van der Waals surface area contributed by atoms with Crippen LogP contribution in [-0.2, 0) is 6.54 Å². The average Bonchev–Trinajstić information content (AvgIpc) is 3.01. The molecule has 108 valence electrons. The van der Waals surface area contributed by atoms with Gasteiger partial charge in [-0.15, -0.1) is 0 Å². The number of nitrogens with zero attached hydrogens (tertiary/aromatic N) is 3. The van der Waals surface area contributed by atoms with E-state index in [4.69, 9.17) is 9.47 Å². The third kappa shape index (κ3) is 2.45. The van der Waals surface area contributed by atoms with Gasteiger partial charge < -0.3 is 19.8 Å². The Labute approximate surface area is 121 Å². The number of rotatable bonds is 5. The molecule has 2 aromatic heterocycles. The average molecular weight is 285 g/mol. The molecule has 0 atom stereocenters. The Bertz CT molecular complexity index is 734. The van der Waals surface area contributed by atoms with Gasteiger partial charge in [-0.2, -0.15) is 0 Å². The SMILES string of the molecule is COc1cccc(OC)c1CNc1ncnc2nc[nH]c12. The number of nitrogens with one attached hydrogen (secondary N) is 2. The smallest absolute Gasteiger partial charge is 0.182 e. The van der Waals surface area contributed by atoms with Crippen molar-refractivity contribution in [2.45, 2.75) is 6.54 Å². The van der Waals surface area contributed by atoms with Crippen LogP contribution in [0.1, 0.15) is 5.56 Å². The first-order valence-electron chi connectivity index (χ1n) is 6.41. The molecule has 21 heavy (non-hydrogen) atoms. The largest absolute Gasteiger partial charge is 0.496 e. The fourth-order valence-electron chi connectivity index (χ4n) is 2.17. The standard InChI is InChI=1S/C14H15N5O2/c1-20-10-4-3-5-11(21-2)9(10)6-15-13-12-14(17-7-16-12)19-8-18-13/h3-5,7-8H,6H2,1-2H3,(H2,15,16,17,18,19). The molecule has 0 amide bonds. The normalized spacial score (nSPS) is 10.6. The first-order chi connectivity index (χ1) is 10.3. The Morgan fingerprint density at radius 3 is 2.57 bits per heavy atom. The first kappa shape index (κ1) is 13.2. The third-order valence-corrected chi connectivity index (χ3v) is 3.19. The van der Waals surface area contributed by atoms with Gasteiger partial charge in [-0.05, 0) is 12.1 Å². The molecular formula is C14H15N5O2. The quantitative estimate of drug-likeness (QED) is 0.745. The molecule has 0 aliphatic rings. The number of aromatic amines is 1. The number of imidazole rings is 1. The highest BCUT2D eigenvalue weighted by Crippen LogP contribution is 2.29. The summed E-state index contributed by atoms with van der Waals surface area (Å²) < 4.78 is 10.8. The van der Waals surface area contributed by atoms with E-state index in [-0.39, 0.29) is 0 Å². The topological polar surface area (TPSA) is 84.9 Å². The highest BCUT2D eigenvalue weighted by molar-refractivity contribution is 5.81. The zero-order chi connectivity index (χ0) is 14.7. The minimum Gasteiger partial charge on any atom is -0.496 e. The monoisotopic (exact) mass is 285 g/mol. The van der Waals surface area contributed by atoms with E-state index in [1.165, 1.54) is 6.33 Å². The zero-order valence-electron chi connectivity index (χ0n) is 11.8. The van der Waals surface area contributed by atoms with Crippen LogP contribution in [0.25, 0.3) is 11.2 Å². The summed E-state index contributed by atoms with van der Waals surface area (Å²) in [7, 11) is 3.27. The van der Waals surface area contributed by atoms with Crippen molar-refractivity contribution < 1.29 is 9.47 Å². The van der Waals surface area contributed by atoms with Crippen molar-refractivity contribution >= 4 is 17.0 Å². The van der Waals surface area contributed by atoms with E-state index in [9.17, 15) is 0 Å². The summed E-state index contributed by atoms with van der Waals surface area (Å²) in [5.41, 5.74) is 2.32. The van der Waals surface area contributed by atoms with Gasteiger partial charge in [-0.1, -0.05) is 6.07 Å². The van der Waals surface area contributed by atoms with Gasteiger partial charge in [0, 0.05) is 6.54 Å². The van der Waals surface area contributed by atoms with Crippen LogP contribution in [0.4, 0.5) is 5.82 Å². The molecule has 0 aliphatic carbocycles. The first-order valence-corrected chi connectivity index (χ1v) is 6.41. The Kier molecular flexibility index (Phi) is 3.55. The lowest BCUT2D eigenvalue weighted by atomic mass is 10.1. The summed E-state index contributed by atoms with van der Waals surface area (Å²) in [4.78, 5) is 15.4. The number of hydrogen-bond donors (Lipinski definition) is 2. The summed E-state index contributed by atoms with van der Waals surface area (Å²) in [5, 5.41) is 3.26. The van der Waals surface area contributed by atoms with Crippen LogP contribution in [0.2, 0.25) is 0 Å². The Morgan fingerprint density at radius 2 is 1.86 bits per heavy atom. The molecule has 0 fully saturated rings. The molecule has 0 saturated heterocycles. The highest BCUT2D eigenvalue weighted by atomic mass is 16.5. The molecule has 2 N–H and O–H groups in total. The number of ether oxygens (including phenoxy) is 2. The Balaban J connectivity index is 1.90. The van der Waals surface area contributed by atoms with Crippen molar-refractivity contribution in [1.82, 2.24) is 19.9 Å². The molecule has 0 bridgehead atoms. The maximum absolute atomic E-state index is 5.38. The zero-order valence-corrected chi connectivity index (χ0v) is 11.8. The van der Waals surface area contributed by atoms with Crippen LogP contribution >= 0.6 is 0 Å². The summed E-state index contributed by atoms with van der Waals surface area (Å²) in [5.74, 6) is 2.21. The van der Waals surface area contributed by atoms with E-state index in [1.54, 1.807) is 20.5 Å². The van der Waals surface area contributed by atoms with Crippen molar-refractivity contribution in [2.24, 2.45) is 0 Å². The summed E-state index contributed by atoms with van der Waals surface area (Å²) in [6.07, 6.45) is 3.07. The van der Waals surface area contributed by atoms with E-state index in [2.05, 4.69) is 25.3 Å². The summed E-state index contributed by atoms with van der Waals surface area (Å²) >= 11 is 0. The van der Waals surface area contributed by atoms with Crippen molar-refractivity contribution in [1.29, 1.82) is 0 Å². The second-order valence-electron chi connectivity index (χ2n) is 4.32. The number of hydrogen-bond acceptors (Lipinski definition) is 6. The summed E-state index contributed by atoms with van der Waals surface area (Å²) in [6.45, 7) is 0.512. The van der Waals surface area contributed by atoms with Gasteiger partial charge in [-0.25, -0.2) is 15.0 Å². The van der Waals surface area contributed by atoms with Gasteiger partial charge >= 0.3 is 0 Å². The molecule has 7 heteroatoms. The van der Waals surface area contributed by atoms with Gasteiger partial charge in [0.2, 0.25) is 0 Å². The number of anilines is 1. The van der Waals surface area contributed by atoms with Crippen molar-refractivity contribution in [3.05, 3.63) is 36.4 Å². The fourth-order valence-corrected chi connectivity index (χ4v) is 2.17. The predicted molar refractivity (Wildman–Crippen MR) is 78.6 cm³/mol. The lowest BCUT2D eigenvalue weighted by molar-refractivity contribution is 0.386. The number of benzene rings is 1. The molecule has 3 aromatic rings. The maximum Gasteiger partial charge on any atom is 0.182 e. The minimum absolute atomic E-state index is 0.512. The van der Waals surface area contributed by atoms with E-state index in [1.807, 2.05) is 18.2 Å². The number of fused-ring (bicyclic) bond motifs is 1. The Morgan fingerprint density at radius 1 is 1.10 bits per heavy atom. The fraction of sp³-hybridized carbons (Fsp3) is 0.214. The molecule has 7 nitrogen and oxygen atoms in total. The lowest BCUT2D eigenvalue weighted by Crippen LogP contribution is -2.06. The number of H-pyrrole nitrogens is 1. The molecule has 0 saturated carbocycles. The van der Waals surface area contributed by atoms with Crippen molar-refractivity contribution in [2.75, 3.05) is 19.5 Å². The van der Waals surface area contributed by atoms with Gasteiger partial charge in [-0.3, -0.25) is 0 Å². The molecule has 2 heterocycles. The minimum atomic E-state index is 0.512. The second-order valence-corrected chi connectivity index (χ2v) is 4.32. The van der Waals surface area contributed by atoms with Crippen LogP contribution < -0.4 is 14.8 Å². The molecule has 0 aliphatic heterocycles. The van der Waals surface area contributed by atoms with Gasteiger partial charge in [0.1, 0.15) is 23.3 Å². The van der Waals surface area contributed by atoms with E-state index < -0.39 is 0 Å². The molecule has 1 aromatic carbocycles. The highest BCUT2D eigenvalue weighted by Gasteiger charge is 2.11. The number of methoxy groups -OCH3 is 2. The van der Waals surface area contributed by atoms with Crippen LogP contribution in [0.5, 0.6) is 11.5 Å². The second kappa shape index (κ2) is 5.66. The van der Waals surface area contributed by atoms with Crippen molar-refractivity contribution in [3.8, 4) is 11.5 Å². The molecule has 0 spiro atoms. The van der Waals surface area contributed by atoms with Crippen LogP contribution in [0.3, 0.4) is 0 Å². The van der Waals surface area contributed by atoms with Gasteiger partial charge in [0.15, 0.2) is 11.5 Å². The van der Waals surface area contributed by atoms with Crippen LogP contribution in [0.15, 0.2) is 30.9 Å². The maximum atomic E-state index is 5.38. The summed E-state index contributed by atoms with van der Waals surface area (Å²) in [6, 6.07) is 5.68. The van der Waals surface area contributed by atoms with Crippen molar-refractivity contribution in [3.63, 3.8) is 0 Å². The van der Waals surface area contributed by atoms with E-state index >= 15 is 0 Å². The molecule has 3 rings (SSSR count). The molecule has 0 unspecified atom stereocenters. The Hall–Kier alpha value is -2.83.